The Bertz CT molecular complexity index is 886. The maximum Gasteiger partial charge on any atom is 0.282 e. The Kier molecular flexibility index (Phi) is 3.24. The number of hydrogen-bond acceptors (Lipinski definition) is 2. The summed E-state index contributed by atoms with van der Waals surface area (Å²) in [6.45, 7) is 0. The Morgan fingerprint density at radius 2 is 1.30 bits per heavy atom. The molecule has 1 amide bonds. The van der Waals surface area contributed by atoms with Crippen molar-refractivity contribution in [2.75, 3.05) is 4.90 Å². The molecule has 0 saturated carbocycles. The standard InChI is InChI=1S/C20H14N2O/c23-20-19(21-15-9-3-1-4-10-15)17-13-7-8-14-18(17)22(20)16-11-5-2-6-12-16/h1-14H. The highest BCUT2D eigenvalue weighted by Crippen LogP contribution is 2.36. The number of anilines is 2. The minimum Gasteiger partial charge on any atom is -0.275 e. The van der Waals surface area contributed by atoms with Gasteiger partial charge in [0.05, 0.1) is 11.4 Å². The van der Waals surface area contributed by atoms with Crippen molar-refractivity contribution in [2.45, 2.75) is 0 Å². The van der Waals surface area contributed by atoms with Crippen molar-refractivity contribution in [3.63, 3.8) is 0 Å². The van der Waals surface area contributed by atoms with Crippen LogP contribution in [-0.4, -0.2) is 11.6 Å². The maximum absolute atomic E-state index is 13.0. The normalized spacial score (nSPS) is 15.0. The first-order chi connectivity index (χ1) is 11.3. The summed E-state index contributed by atoms with van der Waals surface area (Å²) in [5.41, 5.74) is 3.85. The molecule has 0 aromatic heterocycles. The van der Waals surface area contributed by atoms with Gasteiger partial charge < -0.3 is 0 Å². The molecule has 110 valence electrons. The number of para-hydroxylation sites is 3. The van der Waals surface area contributed by atoms with E-state index >= 15 is 0 Å². The number of benzene rings is 3. The highest BCUT2D eigenvalue weighted by atomic mass is 16.2. The van der Waals surface area contributed by atoms with E-state index in [4.69, 9.17) is 0 Å². The van der Waals surface area contributed by atoms with Crippen LogP contribution in [0.3, 0.4) is 0 Å². The molecule has 3 aromatic rings. The fourth-order valence-corrected chi connectivity index (χ4v) is 2.77. The number of hydrogen-bond donors (Lipinski definition) is 0. The van der Waals surface area contributed by atoms with Crippen LogP contribution in [0.15, 0.2) is 89.9 Å². The molecule has 0 bridgehead atoms. The first kappa shape index (κ1) is 13.5. The Labute approximate surface area is 134 Å². The summed E-state index contributed by atoms with van der Waals surface area (Å²) >= 11 is 0. The third-order valence-electron chi connectivity index (χ3n) is 3.82. The van der Waals surface area contributed by atoms with Gasteiger partial charge in [0, 0.05) is 11.3 Å². The molecule has 3 heteroatoms. The Morgan fingerprint density at radius 3 is 2.04 bits per heavy atom. The van der Waals surface area contributed by atoms with Gasteiger partial charge in [-0.15, -0.1) is 0 Å². The summed E-state index contributed by atoms with van der Waals surface area (Å²) in [5.74, 6) is -0.0961. The van der Waals surface area contributed by atoms with E-state index in [1.165, 1.54) is 0 Å². The van der Waals surface area contributed by atoms with E-state index in [1.807, 2.05) is 84.9 Å². The second-order valence-electron chi connectivity index (χ2n) is 5.29. The van der Waals surface area contributed by atoms with E-state index in [9.17, 15) is 4.79 Å². The molecule has 0 fully saturated rings. The van der Waals surface area contributed by atoms with Gasteiger partial charge in [-0.3, -0.25) is 9.69 Å². The van der Waals surface area contributed by atoms with Crippen LogP contribution in [0.25, 0.3) is 0 Å². The molecule has 0 radical (unpaired) electrons. The van der Waals surface area contributed by atoms with Crippen molar-refractivity contribution >= 4 is 28.7 Å². The molecule has 0 aliphatic carbocycles. The number of carbonyl (C=O) groups excluding carboxylic acids is 1. The zero-order valence-electron chi connectivity index (χ0n) is 12.4. The minimum atomic E-state index is -0.0961. The lowest BCUT2D eigenvalue weighted by Gasteiger charge is -2.16. The summed E-state index contributed by atoms with van der Waals surface area (Å²) in [4.78, 5) is 19.3. The van der Waals surface area contributed by atoms with Gasteiger partial charge >= 0.3 is 0 Å². The zero-order chi connectivity index (χ0) is 15.6. The van der Waals surface area contributed by atoms with Crippen molar-refractivity contribution in [1.82, 2.24) is 0 Å². The SMILES string of the molecule is O=C1C(=Nc2ccccc2)c2ccccc2N1c1ccccc1. The van der Waals surface area contributed by atoms with Gasteiger partial charge in [0.25, 0.3) is 5.91 Å². The number of carbonyl (C=O) groups is 1. The van der Waals surface area contributed by atoms with Crippen molar-refractivity contribution in [2.24, 2.45) is 4.99 Å². The van der Waals surface area contributed by atoms with E-state index < -0.39 is 0 Å². The molecular formula is C20H14N2O. The van der Waals surface area contributed by atoms with E-state index in [0.29, 0.717) is 5.71 Å². The van der Waals surface area contributed by atoms with Gasteiger partial charge in [-0.25, -0.2) is 4.99 Å². The largest absolute Gasteiger partial charge is 0.282 e. The van der Waals surface area contributed by atoms with E-state index in [2.05, 4.69) is 4.99 Å². The molecule has 1 aliphatic heterocycles. The second-order valence-corrected chi connectivity index (χ2v) is 5.29. The molecule has 0 saturated heterocycles. The molecule has 0 spiro atoms. The Hall–Kier alpha value is -3.20. The highest BCUT2D eigenvalue weighted by molar-refractivity contribution is 6.56. The number of nitrogens with zero attached hydrogens (tertiary/aromatic N) is 2. The molecule has 3 aromatic carbocycles. The van der Waals surface area contributed by atoms with Crippen LogP contribution in [0.5, 0.6) is 0 Å². The van der Waals surface area contributed by atoms with E-state index in [-0.39, 0.29) is 5.91 Å². The third-order valence-corrected chi connectivity index (χ3v) is 3.82. The average molecular weight is 298 g/mol. The van der Waals surface area contributed by atoms with Gasteiger partial charge in [0.15, 0.2) is 0 Å². The maximum atomic E-state index is 13.0. The molecule has 23 heavy (non-hydrogen) atoms. The van der Waals surface area contributed by atoms with Crippen molar-refractivity contribution < 1.29 is 4.79 Å². The summed E-state index contributed by atoms with van der Waals surface area (Å²) in [7, 11) is 0. The van der Waals surface area contributed by atoms with Crippen LogP contribution < -0.4 is 4.90 Å². The lowest BCUT2D eigenvalue weighted by molar-refractivity contribution is -0.111. The minimum absolute atomic E-state index is 0.0961. The average Bonchev–Trinajstić information content (AvgIpc) is 2.89. The molecule has 4 rings (SSSR count). The zero-order valence-corrected chi connectivity index (χ0v) is 12.4. The molecule has 1 heterocycles. The first-order valence-electron chi connectivity index (χ1n) is 7.47. The molecule has 3 nitrogen and oxygen atoms in total. The molecular weight excluding hydrogens is 284 g/mol. The fourth-order valence-electron chi connectivity index (χ4n) is 2.77. The van der Waals surface area contributed by atoms with Gasteiger partial charge in [-0.05, 0) is 30.3 Å². The number of aliphatic imine (C=N–C) groups is 1. The smallest absolute Gasteiger partial charge is 0.275 e. The van der Waals surface area contributed by atoms with Gasteiger partial charge in [-0.2, -0.15) is 0 Å². The van der Waals surface area contributed by atoms with E-state index in [1.54, 1.807) is 4.90 Å². The van der Waals surface area contributed by atoms with Crippen molar-refractivity contribution in [3.05, 3.63) is 90.5 Å². The molecule has 1 aliphatic rings. The third kappa shape index (κ3) is 2.32. The molecule has 0 N–H and O–H groups in total. The number of amides is 1. The van der Waals surface area contributed by atoms with Crippen LogP contribution in [0, 0.1) is 0 Å². The first-order valence-corrected chi connectivity index (χ1v) is 7.47. The van der Waals surface area contributed by atoms with Gasteiger partial charge in [-0.1, -0.05) is 54.6 Å². The van der Waals surface area contributed by atoms with Crippen molar-refractivity contribution in [1.29, 1.82) is 0 Å². The van der Waals surface area contributed by atoms with Gasteiger partial charge in [0.2, 0.25) is 0 Å². The van der Waals surface area contributed by atoms with E-state index in [0.717, 1.165) is 22.6 Å². The molecule has 0 atom stereocenters. The summed E-state index contributed by atoms with van der Waals surface area (Å²) in [6.07, 6.45) is 0. The number of rotatable bonds is 2. The topological polar surface area (TPSA) is 32.7 Å². The lowest BCUT2D eigenvalue weighted by atomic mass is 10.1. The lowest BCUT2D eigenvalue weighted by Crippen LogP contribution is -2.25. The van der Waals surface area contributed by atoms with Crippen LogP contribution in [0.2, 0.25) is 0 Å². The summed E-state index contributed by atoms with van der Waals surface area (Å²) in [6, 6.07) is 27.0. The van der Waals surface area contributed by atoms with Crippen molar-refractivity contribution in [3.8, 4) is 0 Å². The quantitative estimate of drug-likeness (QED) is 0.686. The predicted octanol–water partition coefficient (Wildman–Crippen LogP) is 4.49. The monoisotopic (exact) mass is 298 g/mol. The summed E-state index contributed by atoms with van der Waals surface area (Å²) < 4.78 is 0. The van der Waals surface area contributed by atoms with Crippen LogP contribution in [0.4, 0.5) is 17.1 Å². The highest BCUT2D eigenvalue weighted by Gasteiger charge is 2.34. The Balaban J connectivity index is 1.87. The Morgan fingerprint density at radius 1 is 0.696 bits per heavy atom. The van der Waals surface area contributed by atoms with Crippen LogP contribution >= 0.6 is 0 Å². The van der Waals surface area contributed by atoms with Crippen LogP contribution in [-0.2, 0) is 4.79 Å². The fraction of sp³-hybridized carbons (Fsp3) is 0. The summed E-state index contributed by atoms with van der Waals surface area (Å²) in [5, 5.41) is 0. The predicted molar refractivity (Wildman–Crippen MR) is 92.7 cm³/mol. The second kappa shape index (κ2) is 5.54. The molecule has 0 unspecified atom stereocenters. The number of fused-ring (bicyclic) bond motifs is 1. The van der Waals surface area contributed by atoms with Crippen LogP contribution in [0.1, 0.15) is 5.56 Å². The van der Waals surface area contributed by atoms with Gasteiger partial charge in [0.1, 0.15) is 5.71 Å².